The Hall–Kier alpha value is -2.20. The number of rotatable bonds is 4. The summed E-state index contributed by atoms with van der Waals surface area (Å²) < 4.78 is 2.92. The van der Waals surface area contributed by atoms with Crippen molar-refractivity contribution in [2.75, 3.05) is 5.32 Å². The Morgan fingerprint density at radius 2 is 1.62 bits per heavy atom. The van der Waals surface area contributed by atoms with Crippen molar-refractivity contribution in [2.45, 2.75) is 50.3 Å². The second-order valence-electron chi connectivity index (χ2n) is 7.20. The summed E-state index contributed by atoms with van der Waals surface area (Å²) in [6.45, 7) is 5.94. The molecule has 0 bridgehead atoms. The van der Waals surface area contributed by atoms with Crippen molar-refractivity contribution in [1.29, 1.82) is 0 Å². The third-order valence-corrected chi connectivity index (χ3v) is 6.12. The Labute approximate surface area is 159 Å². The molecule has 26 heavy (non-hydrogen) atoms. The molecule has 0 saturated heterocycles. The SMILES string of the molecule is C=C(C)c1ccc(SNC(=O)Nc2c3c(cc4c2CCC4)CCC3)cc1. The molecule has 2 N–H and O–H groups in total. The molecule has 3 nitrogen and oxygen atoms in total. The first-order valence-corrected chi connectivity index (χ1v) is 10.1. The minimum absolute atomic E-state index is 0.145. The standard InChI is InChI=1S/C22H24N2OS/c1-14(2)15-9-11-18(12-10-15)26-24-22(25)23-21-19-7-3-5-16(19)13-17-6-4-8-20(17)21/h9-13H,1,3-8H2,2H3,(H2,23,24,25). The molecule has 4 heteroatoms. The molecule has 0 radical (unpaired) electrons. The molecule has 2 aliphatic rings. The molecule has 0 atom stereocenters. The number of hydrogen-bond donors (Lipinski definition) is 2. The first-order valence-electron chi connectivity index (χ1n) is 9.28. The summed E-state index contributed by atoms with van der Waals surface area (Å²) in [5.41, 5.74) is 8.83. The van der Waals surface area contributed by atoms with Crippen LogP contribution in [0.25, 0.3) is 5.57 Å². The maximum Gasteiger partial charge on any atom is 0.329 e. The normalized spacial score (nSPS) is 14.7. The number of aryl methyl sites for hydroxylation is 2. The second-order valence-corrected chi connectivity index (χ2v) is 8.08. The predicted octanol–water partition coefficient (Wildman–Crippen LogP) is 5.53. The molecular formula is C22H24N2OS. The van der Waals surface area contributed by atoms with Crippen LogP contribution in [-0.2, 0) is 25.7 Å². The lowest BCUT2D eigenvalue weighted by Crippen LogP contribution is -2.24. The van der Waals surface area contributed by atoms with Gasteiger partial charge >= 0.3 is 6.03 Å². The van der Waals surface area contributed by atoms with Crippen LogP contribution in [0.4, 0.5) is 10.5 Å². The molecule has 4 rings (SSSR count). The van der Waals surface area contributed by atoms with Gasteiger partial charge in [-0.25, -0.2) is 4.79 Å². The van der Waals surface area contributed by atoms with Crippen LogP contribution in [0.2, 0.25) is 0 Å². The topological polar surface area (TPSA) is 41.1 Å². The number of anilines is 1. The van der Waals surface area contributed by atoms with Gasteiger partial charge in [-0.1, -0.05) is 30.4 Å². The maximum atomic E-state index is 12.5. The van der Waals surface area contributed by atoms with Gasteiger partial charge in [-0.15, -0.1) is 0 Å². The zero-order valence-corrected chi connectivity index (χ0v) is 16.0. The van der Waals surface area contributed by atoms with Crippen molar-refractivity contribution >= 4 is 29.2 Å². The number of fused-ring (bicyclic) bond motifs is 2. The van der Waals surface area contributed by atoms with Crippen LogP contribution in [0.1, 0.15) is 47.6 Å². The lowest BCUT2D eigenvalue weighted by atomic mass is 9.99. The van der Waals surface area contributed by atoms with Gasteiger partial charge < -0.3 is 5.32 Å². The fraction of sp³-hybridized carbons (Fsp3) is 0.318. The summed E-state index contributed by atoms with van der Waals surface area (Å²) >= 11 is 1.34. The van der Waals surface area contributed by atoms with Gasteiger partial charge in [-0.2, -0.15) is 0 Å². The van der Waals surface area contributed by atoms with E-state index in [0.29, 0.717) is 0 Å². The van der Waals surface area contributed by atoms with Crippen LogP contribution in [0.3, 0.4) is 0 Å². The second kappa shape index (κ2) is 7.20. The van der Waals surface area contributed by atoms with Crippen LogP contribution < -0.4 is 10.0 Å². The monoisotopic (exact) mass is 364 g/mol. The number of carbonyl (C=O) groups is 1. The lowest BCUT2D eigenvalue weighted by molar-refractivity contribution is 0.257. The van der Waals surface area contributed by atoms with E-state index in [1.165, 1.54) is 47.0 Å². The molecule has 0 heterocycles. The van der Waals surface area contributed by atoms with E-state index < -0.39 is 0 Å². The zero-order valence-electron chi connectivity index (χ0n) is 15.2. The van der Waals surface area contributed by atoms with Crippen LogP contribution in [0.5, 0.6) is 0 Å². The van der Waals surface area contributed by atoms with E-state index in [0.717, 1.165) is 47.4 Å². The van der Waals surface area contributed by atoms with Crippen LogP contribution in [0, 0.1) is 0 Å². The molecular weight excluding hydrogens is 340 g/mol. The predicted molar refractivity (Wildman–Crippen MR) is 110 cm³/mol. The van der Waals surface area contributed by atoms with Crippen LogP contribution in [-0.4, -0.2) is 6.03 Å². The smallest absolute Gasteiger partial charge is 0.307 e. The summed E-state index contributed by atoms with van der Waals surface area (Å²) in [4.78, 5) is 13.5. The van der Waals surface area contributed by atoms with Gasteiger partial charge in [0.15, 0.2) is 0 Å². The summed E-state index contributed by atoms with van der Waals surface area (Å²) in [6.07, 6.45) is 6.82. The van der Waals surface area contributed by atoms with Crippen molar-refractivity contribution in [3.63, 3.8) is 0 Å². The number of nitrogens with one attached hydrogen (secondary N) is 2. The van der Waals surface area contributed by atoms with Gasteiger partial charge in [0.05, 0.1) is 0 Å². The average molecular weight is 365 g/mol. The van der Waals surface area contributed by atoms with Crippen LogP contribution in [0.15, 0.2) is 41.8 Å². The number of allylic oxidation sites excluding steroid dienone is 1. The molecule has 2 aromatic rings. The molecule has 0 unspecified atom stereocenters. The van der Waals surface area contributed by atoms with Gasteiger partial charge in [-0.05, 0) is 97.3 Å². The summed E-state index contributed by atoms with van der Waals surface area (Å²) in [5, 5.41) is 3.16. The number of hydrogen-bond acceptors (Lipinski definition) is 2. The first-order chi connectivity index (χ1) is 12.6. The van der Waals surface area contributed by atoms with E-state index >= 15 is 0 Å². The quantitative estimate of drug-likeness (QED) is 0.701. The molecule has 2 amide bonds. The largest absolute Gasteiger partial charge is 0.329 e. The molecule has 2 aliphatic carbocycles. The van der Waals surface area contributed by atoms with E-state index in [2.05, 4.69) is 22.7 Å². The highest BCUT2D eigenvalue weighted by Crippen LogP contribution is 2.38. The van der Waals surface area contributed by atoms with Crippen molar-refractivity contribution in [3.8, 4) is 0 Å². The van der Waals surface area contributed by atoms with Gasteiger partial charge in [0.2, 0.25) is 0 Å². The van der Waals surface area contributed by atoms with E-state index in [-0.39, 0.29) is 6.03 Å². The molecule has 0 spiro atoms. The number of amides is 2. The van der Waals surface area contributed by atoms with Gasteiger partial charge in [0.25, 0.3) is 0 Å². The third-order valence-electron chi connectivity index (χ3n) is 5.32. The fourth-order valence-corrected chi connectivity index (χ4v) is 4.55. The Morgan fingerprint density at radius 3 is 2.19 bits per heavy atom. The molecule has 0 aliphatic heterocycles. The fourth-order valence-electron chi connectivity index (χ4n) is 4.02. The summed E-state index contributed by atoms with van der Waals surface area (Å²) in [5.74, 6) is 0. The van der Waals surface area contributed by atoms with Crippen molar-refractivity contribution in [1.82, 2.24) is 4.72 Å². The highest BCUT2D eigenvalue weighted by atomic mass is 32.2. The van der Waals surface area contributed by atoms with Gasteiger partial charge in [0.1, 0.15) is 0 Å². The van der Waals surface area contributed by atoms with E-state index in [1.54, 1.807) is 0 Å². The summed E-state index contributed by atoms with van der Waals surface area (Å²) in [7, 11) is 0. The molecule has 0 saturated carbocycles. The highest BCUT2D eigenvalue weighted by Gasteiger charge is 2.24. The minimum atomic E-state index is -0.145. The van der Waals surface area contributed by atoms with Gasteiger partial charge in [-0.3, -0.25) is 4.72 Å². The number of urea groups is 1. The lowest BCUT2D eigenvalue weighted by Gasteiger charge is -2.16. The maximum absolute atomic E-state index is 12.5. The highest BCUT2D eigenvalue weighted by molar-refractivity contribution is 7.98. The molecule has 2 aromatic carbocycles. The van der Waals surface area contributed by atoms with Gasteiger partial charge in [0, 0.05) is 10.6 Å². The summed E-state index contributed by atoms with van der Waals surface area (Å²) in [6, 6.07) is 10.3. The Balaban J connectivity index is 1.45. The van der Waals surface area contributed by atoms with Crippen molar-refractivity contribution in [3.05, 3.63) is 64.7 Å². The molecule has 0 aromatic heterocycles. The zero-order chi connectivity index (χ0) is 18.1. The number of benzene rings is 2. The van der Waals surface area contributed by atoms with Crippen LogP contribution >= 0.6 is 11.9 Å². The average Bonchev–Trinajstić information content (AvgIpc) is 3.29. The van der Waals surface area contributed by atoms with E-state index in [9.17, 15) is 4.79 Å². The van der Waals surface area contributed by atoms with E-state index in [4.69, 9.17) is 0 Å². The number of carbonyl (C=O) groups excluding carboxylic acids is 1. The first kappa shape index (κ1) is 17.2. The minimum Gasteiger partial charge on any atom is -0.307 e. The van der Waals surface area contributed by atoms with Crippen molar-refractivity contribution < 1.29 is 4.79 Å². The molecule has 134 valence electrons. The Kier molecular flexibility index (Phi) is 4.77. The van der Waals surface area contributed by atoms with E-state index in [1.807, 2.05) is 31.2 Å². The van der Waals surface area contributed by atoms with Crippen molar-refractivity contribution in [2.24, 2.45) is 0 Å². The molecule has 0 fully saturated rings. The third kappa shape index (κ3) is 3.38. The Morgan fingerprint density at radius 1 is 1.00 bits per heavy atom. The Bertz CT molecular complexity index is 838.